The lowest BCUT2D eigenvalue weighted by Crippen LogP contribution is -2.50. The lowest BCUT2D eigenvalue weighted by atomic mass is 9.63. The van der Waals surface area contributed by atoms with Crippen molar-refractivity contribution in [3.63, 3.8) is 0 Å². The van der Waals surface area contributed by atoms with Crippen LogP contribution in [0, 0.1) is 0 Å². The molecule has 22 heavy (non-hydrogen) atoms. The fourth-order valence-electron chi connectivity index (χ4n) is 3.72. The summed E-state index contributed by atoms with van der Waals surface area (Å²) in [5, 5.41) is 0. The van der Waals surface area contributed by atoms with Crippen molar-refractivity contribution >= 4 is 5.91 Å². The van der Waals surface area contributed by atoms with Crippen molar-refractivity contribution < 1.29 is 4.79 Å². The molecule has 0 bridgehead atoms. The van der Waals surface area contributed by atoms with Gasteiger partial charge in [0.1, 0.15) is 0 Å². The van der Waals surface area contributed by atoms with Gasteiger partial charge >= 0.3 is 0 Å². The largest absolute Gasteiger partial charge is 0.340 e. The number of nitrogens with two attached hydrogens (primary N) is 1. The van der Waals surface area contributed by atoms with E-state index in [1.54, 1.807) is 0 Å². The molecule has 3 nitrogen and oxygen atoms in total. The average Bonchev–Trinajstić information content (AvgIpc) is 2.83. The Morgan fingerprint density at radius 3 is 2.27 bits per heavy atom. The Morgan fingerprint density at radius 1 is 1.23 bits per heavy atom. The third kappa shape index (κ3) is 2.56. The molecule has 0 aromatic heterocycles. The third-order valence-electron chi connectivity index (χ3n) is 5.43. The minimum atomic E-state index is -0.277. The SMILES string of the molecule is CC(C)(C)c1ccc(C2(C(=O)N3CC[C@H](N)C3)CCC2)cc1. The summed E-state index contributed by atoms with van der Waals surface area (Å²) in [6, 6.07) is 8.89. The van der Waals surface area contributed by atoms with Gasteiger partial charge in [0, 0.05) is 19.1 Å². The number of carbonyl (C=O) groups excluding carboxylic acids is 1. The Balaban J connectivity index is 1.85. The number of rotatable bonds is 2. The number of benzene rings is 1. The van der Waals surface area contributed by atoms with E-state index in [4.69, 9.17) is 5.73 Å². The van der Waals surface area contributed by atoms with Gasteiger partial charge in [0.05, 0.1) is 5.41 Å². The summed E-state index contributed by atoms with van der Waals surface area (Å²) in [5.74, 6) is 0.301. The van der Waals surface area contributed by atoms with Gasteiger partial charge in [-0.2, -0.15) is 0 Å². The molecule has 1 saturated carbocycles. The van der Waals surface area contributed by atoms with Crippen LogP contribution in [0.1, 0.15) is 57.6 Å². The summed E-state index contributed by atoms with van der Waals surface area (Å²) in [5.41, 5.74) is 8.36. The van der Waals surface area contributed by atoms with E-state index in [0.717, 1.165) is 38.8 Å². The zero-order chi connectivity index (χ0) is 16.0. The van der Waals surface area contributed by atoms with Crippen LogP contribution in [0.25, 0.3) is 0 Å². The van der Waals surface area contributed by atoms with Crippen LogP contribution in [0.15, 0.2) is 24.3 Å². The minimum Gasteiger partial charge on any atom is -0.340 e. The van der Waals surface area contributed by atoms with Gasteiger partial charge < -0.3 is 10.6 Å². The lowest BCUT2D eigenvalue weighted by molar-refractivity contribution is -0.139. The molecule has 1 saturated heterocycles. The van der Waals surface area contributed by atoms with Gasteiger partial charge in [-0.3, -0.25) is 4.79 Å². The first-order valence-electron chi connectivity index (χ1n) is 8.49. The van der Waals surface area contributed by atoms with Gasteiger partial charge in [0.25, 0.3) is 0 Å². The van der Waals surface area contributed by atoms with Crippen LogP contribution in [-0.4, -0.2) is 29.9 Å². The molecular weight excluding hydrogens is 272 g/mol. The maximum Gasteiger partial charge on any atom is 0.233 e. The molecule has 0 radical (unpaired) electrons. The Labute approximate surface area is 133 Å². The Hall–Kier alpha value is -1.35. The first kappa shape index (κ1) is 15.5. The molecule has 2 aliphatic rings. The van der Waals surface area contributed by atoms with E-state index in [1.165, 1.54) is 11.1 Å². The van der Waals surface area contributed by atoms with Gasteiger partial charge in [-0.05, 0) is 35.8 Å². The quantitative estimate of drug-likeness (QED) is 0.912. The summed E-state index contributed by atoms with van der Waals surface area (Å²) in [7, 11) is 0. The van der Waals surface area contributed by atoms with Crippen LogP contribution >= 0.6 is 0 Å². The Kier molecular flexibility index (Phi) is 3.80. The van der Waals surface area contributed by atoms with Gasteiger partial charge in [0.2, 0.25) is 5.91 Å². The minimum absolute atomic E-state index is 0.150. The third-order valence-corrected chi connectivity index (χ3v) is 5.43. The maximum atomic E-state index is 13.0. The highest BCUT2D eigenvalue weighted by Gasteiger charge is 2.48. The predicted molar refractivity (Wildman–Crippen MR) is 89.8 cm³/mol. The molecule has 1 aliphatic heterocycles. The Morgan fingerprint density at radius 2 is 1.86 bits per heavy atom. The van der Waals surface area contributed by atoms with Gasteiger partial charge in [-0.1, -0.05) is 51.5 Å². The van der Waals surface area contributed by atoms with E-state index < -0.39 is 0 Å². The highest BCUT2D eigenvalue weighted by Crippen LogP contribution is 2.46. The molecule has 3 heteroatoms. The topological polar surface area (TPSA) is 46.3 Å². The smallest absolute Gasteiger partial charge is 0.233 e. The second-order valence-corrected chi connectivity index (χ2v) is 8.06. The van der Waals surface area contributed by atoms with Crippen molar-refractivity contribution in [3.8, 4) is 0 Å². The summed E-state index contributed by atoms with van der Waals surface area (Å²) >= 11 is 0. The van der Waals surface area contributed by atoms with E-state index >= 15 is 0 Å². The summed E-state index contributed by atoms with van der Waals surface area (Å²) in [6.45, 7) is 8.20. The van der Waals surface area contributed by atoms with Crippen molar-refractivity contribution in [2.45, 2.75) is 63.3 Å². The predicted octanol–water partition coefficient (Wildman–Crippen LogP) is 2.97. The molecule has 1 aromatic rings. The van der Waals surface area contributed by atoms with E-state index in [-0.39, 0.29) is 16.9 Å². The molecule has 0 unspecified atom stereocenters. The van der Waals surface area contributed by atoms with Crippen LogP contribution in [0.5, 0.6) is 0 Å². The molecule has 2 fully saturated rings. The van der Waals surface area contributed by atoms with Crippen LogP contribution in [-0.2, 0) is 15.6 Å². The number of amides is 1. The summed E-state index contributed by atoms with van der Waals surface area (Å²) in [4.78, 5) is 15.0. The molecule has 0 spiro atoms. The number of likely N-dealkylation sites (tertiary alicyclic amines) is 1. The van der Waals surface area contributed by atoms with Crippen LogP contribution in [0.2, 0.25) is 0 Å². The zero-order valence-electron chi connectivity index (χ0n) is 14.1. The highest BCUT2D eigenvalue weighted by atomic mass is 16.2. The molecule has 1 aliphatic carbocycles. The zero-order valence-corrected chi connectivity index (χ0v) is 14.1. The molecular formula is C19H28N2O. The second kappa shape index (κ2) is 5.38. The Bertz CT molecular complexity index is 552. The van der Waals surface area contributed by atoms with E-state index in [2.05, 4.69) is 45.0 Å². The first-order chi connectivity index (χ1) is 10.3. The fourth-order valence-corrected chi connectivity index (χ4v) is 3.72. The number of nitrogens with zero attached hydrogens (tertiary/aromatic N) is 1. The molecule has 120 valence electrons. The number of hydrogen-bond acceptors (Lipinski definition) is 2. The fraction of sp³-hybridized carbons (Fsp3) is 0.632. The first-order valence-corrected chi connectivity index (χ1v) is 8.49. The molecule has 1 atom stereocenters. The summed E-state index contributed by atoms with van der Waals surface area (Å²) in [6.07, 6.45) is 4.04. The summed E-state index contributed by atoms with van der Waals surface area (Å²) < 4.78 is 0. The molecule has 2 N–H and O–H groups in total. The van der Waals surface area contributed by atoms with Crippen LogP contribution in [0.4, 0.5) is 0 Å². The van der Waals surface area contributed by atoms with E-state index in [9.17, 15) is 4.79 Å². The van der Waals surface area contributed by atoms with Crippen LogP contribution < -0.4 is 5.73 Å². The molecule has 1 aromatic carbocycles. The molecule has 3 rings (SSSR count). The van der Waals surface area contributed by atoms with E-state index in [0.29, 0.717) is 5.91 Å². The van der Waals surface area contributed by atoms with Gasteiger partial charge in [-0.15, -0.1) is 0 Å². The van der Waals surface area contributed by atoms with Crippen molar-refractivity contribution in [2.24, 2.45) is 5.73 Å². The van der Waals surface area contributed by atoms with Crippen molar-refractivity contribution in [2.75, 3.05) is 13.1 Å². The van der Waals surface area contributed by atoms with E-state index in [1.807, 2.05) is 4.90 Å². The number of carbonyl (C=O) groups is 1. The monoisotopic (exact) mass is 300 g/mol. The molecule has 1 amide bonds. The van der Waals surface area contributed by atoms with Crippen LogP contribution in [0.3, 0.4) is 0 Å². The maximum absolute atomic E-state index is 13.0. The van der Waals surface area contributed by atoms with Crippen molar-refractivity contribution in [1.29, 1.82) is 0 Å². The van der Waals surface area contributed by atoms with Gasteiger partial charge in [0.15, 0.2) is 0 Å². The number of hydrogen-bond donors (Lipinski definition) is 1. The standard InChI is InChI=1S/C19H28N2O/c1-18(2,3)14-5-7-15(8-6-14)19(10-4-11-19)17(22)21-12-9-16(20)13-21/h5-8,16H,4,9-13,20H2,1-3H3/t16-/m0/s1. The van der Waals surface area contributed by atoms with Crippen molar-refractivity contribution in [3.05, 3.63) is 35.4 Å². The normalized spacial score (nSPS) is 24.2. The molecule has 1 heterocycles. The van der Waals surface area contributed by atoms with Crippen molar-refractivity contribution in [1.82, 2.24) is 4.90 Å². The highest BCUT2D eigenvalue weighted by molar-refractivity contribution is 5.89. The van der Waals surface area contributed by atoms with Gasteiger partial charge in [-0.25, -0.2) is 0 Å². The second-order valence-electron chi connectivity index (χ2n) is 8.06. The average molecular weight is 300 g/mol. The lowest BCUT2D eigenvalue weighted by Gasteiger charge is -2.43.